The first-order valence-corrected chi connectivity index (χ1v) is 12.0. The zero-order valence-corrected chi connectivity index (χ0v) is 18.9. The number of nitriles is 1. The average Bonchev–Trinajstić information content (AvgIpc) is 3.64. The van der Waals surface area contributed by atoms with Gasteiger partial charge in [0.1, 0.15) is 23.1 Å². The molecule has 33 heavy (non-hydrogen) atoms. The van der Waals surface area contributed by atoms with Gasteiger partial charge in [0.15, 0.2) is 0 Å². The Bertz CT molecular complexity index is 1370. The van der Waals surface area contributed by atoms with Crippen LogP contribution in [0.2, 0.25) is 5.02 Å². The van der Waals surface area contributed by atoms with Crippen LogP contribution in [0.3, 0.4) is 0 Å². The van der Waals surface area contributed by atoms with Crippen molar-refractivity contribution >= 4 is 33.2 Å². The van der Waals surface area contributed by atoms with Crippen molar-refractivity contribution in [2.45, 2.75) is 30.3 Å². The molecule has 1 aliphatic carbocycles. The molecule has 0 spiro atoms. The second-order valence-electron chi connectivity index (χ2n) is 7.68. The van der Waals surface area contributed by atoms with Crippen molar-refractivity contribution in [3.8, 4) is 6.07 Å². The van der Waals surface area contributed by atoms with Crippen LogP contribution in [0.1, 0.15) is 24.4 Å². The Morgan fingerprint density at radius 3 is 2.58 bits per heavy atom. The van der Waals surface area contributed by atoms with E-state index >= 15 is 0 Å². The number of nitrogens with one attached hydrogen (secondary N) is 1. The number of carbonyl (C=O) groups is 1. The number of hydrogen-bond acceptors (Lipinski definition) is 7. The highest BCUT2D eigenvalue weighted by Gasteiger charge is 2.29. The summed E-state index contributed by atoms with van der Waals surface area (Å²) in [4.78, 5) is 37.5. The molecule has 1 amide bonds. The molecule has 1 saturated carbocycles. The fraction of sp³-hybridized carbons (Fsp3) is 0.400. The maximum absolute atomic E-state index is 13.0. The number of morpholine rings is 1. The summed E-state index contributed by atoms with van der Waals surface area (Å²) in [6, 6.07) is 5.63. The van der Waals surface area contributed by atoms with Crippen LogP contribution in [0, 0.1) is 11.3 Å². The maximum atomic E-state index is 13.0. The summed E-state index contributed by atoms with van der Waals surface area (Å²) < 4.78 is 34.3. The number of hydrogen-bond donors (Lipinski definition) is 1. The summed E-state index contributed by atoms with van der Waals surface area (Å²) in [5.74, 6) is -0.733. The molecule has 4 rings (SSSR count). The van der Waals surface area contributed by atoms with E-state index < -0.39 is 33.7 Å². The SMILES string of the molecule is N#Cc1cn(C2CC2)c(=O)n(CC(=O)Nc2ccc(Cl)c(S(=O)(=O)N3CCOCC3)c2)c1=O. The Morgan fingerprint density at radius 2 is 1.94 bits per heavy atom. The third kappa shape index (κ3) is 4.72. The van der Waals surface area contributed by atoms with Gasteiger partial charge in [-0.25, -0.2) is 17.8 Å². The fourth-order valence-electron chi connectivity index (χ4n) is 3.50. The molecule has 2 aromatic rings. The van der Waals surface area contributed by atoms with E-state index in [0.717, 1.165) is 12.8 Å². The lowest BCUT2D eigenvalue weighted by Crippen LogP contribution is -2.43. The van der Waals surface area contributed by atoms with Crippen LogP contribution in [0.25, 0.3) is 0 Å². The van der Waals surface area contributed by atoms with Crippen LogP contribution in [0.4, 0.5) is 5.69 Å². The van der Waals surface area contributed by atoms with Gasteiger partial charge in [0.05, 0.1) is 18.2 Å². The second-order valence-corrected chi connectivity index (χ2v) is 9.99. The Morgan fingerprint density at radius 1 is 1.24 bits per heavy atom. The topological polar surface area (TPSA) is 143 Å². The molecule has 13 heteroatoms. The highest BCUT2D eigenvalue weighted by molar-refractivity contribution is 7.89. The smallest absolute Gasteiger partial charge is 0.331 e. The monoisotopic (exact) mass is 493 g/mol. The third-order valence-electron chi connectivity index (χ3n) is 5.36. The lowest BCUT2D eigenvalue weighted by Gasteiger charge is -2.26. The van der Waals surface area contributed by atoms with Gasteiger partial charge < -0.3 is 10.1 Å². The molecule has 2 aliphatic rings. The van der Waals surface area contributed by atoms with Crippen molar-refractivity contribution in [2.75, 3.05) is 31.6 Å². The minimum absolute atomic E-state index is 0.00949. The summed E-state index contributed by atoms with van der Waals surface area (Å²) in [5, 5.41) is 11.7. The highest BCUT2D eigenvalue weighted by atomic mass is 35.5. The van der Waals surface area contributed by atoms with Gasteiger partial charge in [-0.05, 0) is 31.0 Å². The third-order valence-corrected chi connectivity index (χ3v) is 7.74. The minimum atomic E-state index is -3.92. The predicted molar refractivity (Wildman–Crippen MR) is 118 cm³/mol. The molecule has 2 fully saturated rings. The van der Waals surface area contributed by atoms with Crippen LogP contribution in [-0.2, 0) is 26.1 Å². The normalized spacial score (nSPS) is 16.8. The Hall–Kier alpha value is -2.98. The predicted octanol–water partition coefficient (Wildman–Crippen LogP) is 0.530. The largest absolute Gasteiger partial charge is 0.379 e. The number of amides is 1. The van der Waals surface area contributed by atoms with Gasteiger partial charge in [-0.2, -0.15) is 9.57 Å². The Balaban J connectivity index is 1.59. The van der Waals surface area contributed by atoms with Gasteiger partial charge >= 0.3 is 5.69 Å². The summed E-state index contributed by atoms with van der Waals surface area (Å²) >= 11 is 6.12. The molecule has 0 bridgehead atoms. The van der Waals surface area contributed by atoms with E-state index in [9.17, 15) is 28.1 Å². The van der Waals surface area contributed by atoms with Crippen molar-refractivity contribution in [2.24, 2.45) is 0 Å². The first-order valence-electron chi connectivity index (χ1n) is 10.2. The lowest BCUT2D eigenvalue weighted by molar-refractivity contribution is -0.116. The molecule has 174 valence electrons. The molecular weight excluding hydrogens is 474 g/mol. The molecular formula is C20H20ClN5O6S. The number of sulfonamides is 1. The van der Waals surface area contributed by atoms with Gasteiger partial charge in [-0.1, -0.05) is 11.6 Å². The Labute approximate surface area is 193 Å². The second kappa shape index (κ2) is 9.11. The van der Waals surface area contributed by atoms with Crippen LogP contribution in [-0.4, -0.2) is 54.1 Å². The highest BCUT2D eigenvalue weighted by Crippen LogP contribution is 2.33. The van der Waals surface area contributed by atoms with E-state index in [1.807, 2.05) is 0 Å². The molecule has 1 N–H and O–H groups in total. The molecule has 0 atom stereocenters. The number of nitrogens with zero attached hydrogens (tertiary/aromatic N) is 4. The molecule has 11 nitrogen and oxygen atoms in total. The van der Waals surface area contributed by atoms with E-state index in [4.69, 9.17) is 16.3 Å². The zero-order chi connectivity index (χ0) is 23.8. The van der Waals surface area contributed by atoms with Gasteiger partial charge in [-0.15, -0.1) is 0 Å². The summed E-state index contributed by atoms with van der Waals surface area (Å²) in [6.07, 6.45) is 2.72. The van der Waals surface area contributed by atoms with Crippen molar-refractivity contribution < 1.29 is 17.9 Å². The van der Waals surface area contributed by atoms with Gasteiger partial charge in [-0.3, -0.25) is 14.2 Å². The van der Waals surface area contributed by atoms with E-state index in [2.05, 4.69) is 5.32 Å². The van der Waals surface area contributed by atoms with Crippen molar-refractivity contribution in [1.29, 1.82) is 5.26 Å². The van der Waals surface area contributed by atoms with Crippen LogP contribution < -0.4 is 16.6 Å². The molecule has 1 saturated heterocycles. The first-order chi connectivity index (χ1) is 15.7. The number of anilines is 1. The van der Waals surface area contributed by atoms with Crippen LogP contribution >= 0.6 is 11.6 Å². The summed E-state index contributed by atoms with van der Waals surface area (Å²) in [6.45, 7) is 0.264. The zero-order valence-electron chi connectivity index (χ0n) is 17.4. The fourth-order valence-corrected chi connectivity index (χ4v) is 5.41. The maximum Gasteiger partial charge on any atom is 0.331 e. The van der Waals surface area contributed by atoms with Gasteiger partial charge in [0.2, 0.25) is 15.9 Å². The number of rotatable bonds is 6. The van der Waals surface area contributed by atoms with Crippen molar-refractivity contribution in [3.63, 3.8) is 0 Å². The number of halogens is 1. The minimum Gasteiger partial charge on any atom is -0.379 e. The molecule has 0 radical (unpaired) electrons. The lowest BCUT2D eigenvalue weighted by atomic mass is 10.3. The average molecular weight is 494 g/mol. The molecule has 1 aliphatic heterocycles. The van der Waals surface area contributed by atoms with Crippen LogP contribution in [0.5, 0.6) is 0 Å². The number of aromatic nitrogens is 2. The molecule has 2 heterocycles. The quantitative estimate of drug-likeness (QED) is 0.618. The molecule has 1 aromatic carbocycles. The molecule has 0 unspecified atom stereocenters. The van der Waals surface area contributed by atoms with E-state index in [1.54, 1.807) is 6.07 Å². The standard InChI is InChI=1S/C20H20ClN5O6S/c21-16-4-1-14(9-17(16)33(30,31)24-5-7-32-8-6-24)23-18(27)12-26-19(28)13(10-22)11-25(20(26)29)15-2-3-15/h1,4,9,11,15H,2-3,5-8,12H2,(H,23,27). The van der Waals surface area contributed by atoms with Gasteiger partial charge in [0.25, 0.3) is 5.56 Å². The summed E-state index contributed by atoms with van der Waals surface area (Å²) in [5.41, 5.74) is -1.65. The van der Waals surface area contributed by atoms with Gasteiger partial charge in [0, 0.05) is 31.0 Å². The van der Waals surface area contributed by atoms with E-state index in [1.165, 1.54) is 33.3 Å². The summed E-state index contributed by atoms with van der Waals surface area (Å²) in [7, 11) is -3.92. The van der Waals surface area contributed by atoms with Crippen molar-refractivity contribution in [3.05, 3.63) is 55.8 Å². The molecule has 1 aromatic heterocycles. The number of benzene rings is 1. The number of carbonyl (C=O) groups excluding carboxylic acids is 1. The van der Waals surface area contributed by atoms with Crippen LogP contribution in [0.15, 0.2) is 38.9 Å². The van der Waals surface area contributed by atoms with E-state index in [0.29, 0.717) is 4.57 Å². The number of ether oxygens (including phenoxy) is 1. The van der Waals surface area contributed by atoms with E-state index in [-0.39, 0.29) is 53.5 Å². The first kappa shape index (κ1) is 23.2. The van der Waals surface area contributed by atoms with Crippen molar-refractivity contribution in [1.82, 2.24) is 13.4 Å². The Kier molecular flexibility index (Phi) is 6.40.